The standard InChI is InChI=1S/C14H29N/c1-3-10-15-11-9-13(2)12-14-7-5-4-6-8-14/h13-15H,3-12H2,1-2H3. The molecular weight excluding hydrogens is 182 g/mol. The molecule has 0 radical (unpaired) electrons. The first-order valence-electron chi connectivity index (χ1n) is 7.03. The Morgan fingerprint density at radius 1 is 1.13 bits per heavy atom. The van der Waals surface area contributed by atoms with E-state index in [1.54, 1.807) is 0 Å². The minimum Gasteiger partial charge on any atom is -0.317 e. The predicted molar refractivity (Wildman–Crippen MR) is 68.1 cm³/mol. The van der Waals surface area contributed by atoms with E-state index in [0.29, 0.717) is 0 Å². The van der Waals surface area contributed by atoms with Crippen molar-refractivity contribution >= 4 is 0 Å². The molecule has 1 N–H and O–H groups in total. The summed E-state index contributed by atoms with van der Waals surface area (Å²) in [6, 6.07) is 0. The zero-order chi connectivity index (χ0) is 10.9. The van der Waals surface area contributed by atoms with Gasteiger partial charge in [0.2, 0.25) is 0 Å². The second-order valence-corrected chi connectivity index (χ2v) is 5.38. The lowest BCUT2D eigenvalue weighted by atomic mass is 9.82. The molecule has 0 aliphatic heterocycles. The predicted octanol–water partition coefficient (Wildman–Crippen LogP) is 3.98. The third kappa shape index (κ3) is 6.19. The van der Waals surface area contributed by atoms with E-state index in [1.807, 2.05) is 0 Å². The Labute approximate surface area is 96.0 Å². The van der Waals surface area contributed by atoms with Crippen molar-refractivity contribution in [1.29, 1.82) is 0 Å². The maximum absolute atomic E-state index is 3.50. The minimum atomic E-state index is 0.928. The normalized spacial score (nSPS) is 20.4. The van der Waals surface area contributed by atoms with Gasteiger partial charge in [-0.25, -0.2) is 0 Å². The summed E-state index contributed by atoms with van der Waals surface area (Å²) >= 11 is 0. The van der Waals surface area contributed by atoms with E-state index in [9.17, 15) is 0 Å². The summed E-state index contributed by atoms with van der Waals surface area (Å²) in [5.41, 5.74) is 0. The van der Waals surface area contributed by atoms with Crippen LogP contribution in [0, 0.1) is 11.8 Å². The molecule has 0 amide bonds. The van der Waals surface area contributed by atoms with Crippen LogP contribution in [-0.4, -0.2) is 13.1 Å². The van der Waals surface area contributed by atoms with Gasteiger partial charge in [-0.2, -0.15) is 0 Å². The van der Waals surface area contributed by atoms with Crippen LogP contribution < -0.4 is 5.32 Å². The largest absolute Gasteiger partial charge is 0.317 e. The molecule has 15 heavy (non-hydrogen) atoms. The van der Waals surface area contributed by atoms with Gasteiger partial charge in [0.25, 0.3) is 0 Å². The Morgan fingerprint density at radius 3 is 2.53 bits per heavy atom. The molecular formula is C14H29N. The molecule has 0 heterocycles. The maximum Gasteiger partial charge on any atom is -0.00464 e. The zero-order valence-electron chi connectivity index (χ0n) is 10.7. The van der Waals surface area contributed by atoms with Gasteiger partial charge in [-0.1, -0.05) is 46.0 Å². The van der Waals surface area contributed by atoms with Crippen LogP contribution in [0.15, 0.2) is 0 Å². The first kappa shape index (κ1) is 13.0. The second-order valence-electron chi connectivity index (χ2n) is 5.38. The van der Waals surface area contributed by atoms with Gasteiger partial charge in [-0.05, 0) is 44.2 Å². The fourth-order valence-corrected chi connectivity index (χ4v) is 2.76. The van der Waals surface area contributed by atoms with E-state index in [0.717, 1.165) is 11.8 Å². The summed E-state index contributed by atoms with van der Waals surface area (Å²) < 4.78 is 0. The summed E-state index contributed by atoms with van der Waals surface area (Å²) in [7, 11) is 0. The van der Waals surface area contributed by atoms with Gasteiger partial charge in [0, 0.05) is 0 Å². The first-order valence-corrected chi connectivity index (χ1v) is 7.03. The van der Waals surface area contributed by atoms with E-state index in [2.05, 4.69) is 19.2 Å². The maximum atomic E-state index is 3.50. The van der Waals surface area contributed by atoms with Crippen LogP contribution in [0.5, 0.6) is 0 Å². The third-order valence-corrected chi connectivity index (χ3v) is 3.70. The number of hydrogen-bond acceptors (Lipinski definition) is 1. The van der Waals surface area contributed by atoms with E-state index >= 15 is 0 Å². The lowest BCUT2D eigenvalue weighted by Crippen LogP contribution is -2.19. The Hall–Kier alpha value is -0.0400. The molecule has 1 fully saturated rings. The van der Waals surface area contributed by atoms with Crippen LogP contribution in [0.3, 0.4) is 0 Å². The number of hydrogen-bond donors (Lipinski definition) is 1. The molecule has 0 bridgehead atoms. The molecule has 1 atom stereocenters. The van der Waals surface area contributed by atoms with Gasteiger partial charge in [0.15, 0.2) is 0 Å². The smallest absolute Gasteiger partial charge is 0.00464 e. The summed E-state index contributed by atoms with van der Waals surface area (Å²) in [4.78, 5) is 0. The van der Waals surface area contributed by atoms with Gasteiger partial charge < -0.3 is 5.32 Å². The highest BCUT2D eigenvalue weighted by Crippen LogP contribution is 2.29. The quantitative estimate of drug-likeness (QED) is 0.628. The Balaban J connectivity index is 1.98. The van der Waals surface area contributed by atoms with Crippen LogP contribution >= 0.6 is 0 Å². The van der Waals surface area contributed by atoms with Crippen molar-refractivity contribution in [2.75, 3.05) is 13.1 Å². The van der Waals surface area contributed by atoms with Gasteiger partial charge in [0.05, 0.1) is 0 Å². The van der Waals surface area contributed by atoms with Gasteiger partial charge in [-0.3, -0.25) is 0 Å². The average Bonchev–Trinajstić information content (AvgIpc) is 2.26. The van der Waals surface area contributed by atoms with Gasteiger partial charge in [-0.15, -0.1) is 0 Å². The third-order valence-electron chi connectivity index (χ3n) is 3.70. The van der Waals surface area contributed by atoms with Crippen molar-refractivity contribution in [2.45, 2.75) is 65.2 Å². The van der Waals surface area contributed by atoms with Crippen molar-refractivity contribution in [2.24, 2.45) is 11.8 Å². The van der Waals surface area contributed by atoms with Crippen LogP contribution in [0.4, 0.5) is 0 Å². The van der Waals surface area contributed by atoms with Gasteiger partial charge in [0.1, 0.15) is 0 Å². The molecule has 1 rings (SSSR count). The molecule has 0 aromatic carbocycles. The molecule has 0 spiro atoms. The lowest BCUT2D eigenvalue weighted by molar-refractivity contribution is 0.288. The Bertz CT molecular complexity index is 138. The van der Waals surface area contributed by atoms with Gasteiger partial charge >= 0.3 is 0 Å². The minimum absolute atomic E-state index is 0.928. The fraction of sp³-hybridized carbons (Fsp3) is 1.00. The van der Waals surface area contributed by atoms with E-state index in [-0.39, 0.29) is 0 Å². The van der Waals surface area contributed by atoms with Crippen LogP contribution in [0.2, 0.25) is 0 Å². The van der Waals surface area contributed by atoms with E-state index in [4.69, 9.17) is 0 Å². The summed E-state index contributed by atoms with van der Waals surface area (Å²) in [6.07, 6.45) is 11.6. The SMILES string of the molecule is CCCNCCC(C)CC1CCCCC1. The van der Waals surface area contributed by atoms with Crippen LogP contribution in [-0.2, 0) is 0 Å². The van der Waals surface area contributed by atoms with Crippen molar-refractivity contribution in [3.8, 4) is 0 Å². The monoisotopic (exact) mass is 211 g/mol. The molecule has 0 aromatic heterocycles. The second kappa shape index (κ2) is 8.15. The highest BCUT2D eigenvalue weighted by molar-refractivity contribution is 4.69. The molecule has 0 aromatic rings. The van der Waals surface area contributed by atoms with Crippen LogP contribution in [0.25, 0.3) is 0 Å². The molecule has 1 unspecified atom stereocenters. The lowest BCUT2D eigenvalue weighted by Gasteiger charge is -2.24. The van der Waals surface area contributed by atoms with E-state index < -0.39 is 0 Å². The summed E-state index contributed by atoms with van der Waals surface area (Å²) in [6.45, 7) is 7.08. The molecule has 0 saturated heterocycles. The highest BCUT2D eigenvalue weighted by atomic mass is 14.8. The van der Waals surface area contributed by atoms with E-state index in [1.165, 1.54) is 64.5 Å². The molecule has 1 aliphatic rings. The Kier molecular flexibility index (Phi) is 7.08. The molecule has 90 valence electrons. The fourth-order valence-electron chi connectivity index (χ4n) is 2.76. The highest BCUT2D eigenvalue weighted by Gasteiger charge is 2.15. The number of rotatable bonds is 7. The molecule has 1 saturated carbocycles. The molecule has 1 nitrogen and oxygen atoms in total. The Morgan fingerprint density at radius 2 is 1.87 bits per heavy atom. The average molecular weight is 211 g/mol. The van der Waals surface area contributed by atoms with Crippen LogP contribution in [0.1, 0.15) is 65.2 Å². The molecule has 1 aliphatic carbocycles. The van der Waals surface area contributed by atoms with Crippen molar-refractivity contribution in [3.05, 3.63) is 0 Å². The molecule has 1 heteroatoms. The number of nitrogens with one attached hydrogen (secondary N) is 1. The van der Waals surface area contributed by atoms with Crippen molar-refractivity contribution in [1.82, 2.24) is 5.32 Å². The van der Waals surface area contributed by atoms with Crippen molar-refractivity contribution in [3.63, 3.8) is 0 Å². The summed E-state index contributed by atoms with van der Waals surface area (Å²) in [5.74, 6) is 1.98. The zero-order valence-corrected chi connectivity index (χ0v) is 10.7. The topological polar surface area (TPSA) is 12.0 Å². The summed E-state index contributed by atoms with van der Waals surface area (Å²) in [5, 5.41) is 3.50. The first-order chi connectivity index (χ1) is 7.33. The van der Waals surface area contributed by atoms with Crippen molar-refractivity contribution < 1.29 is 0 Å².